The number of rotatable bonds is 7. The number of hydrogen-bond acceptors (Lipinski definition) is 6. The van der Waals surface area contributed by atoms with Crippen molar-refractivity contribution in [3.05, 3.63) is 83.3 Å². The summed E-state index contributed by atoms with van der Waals surface area (Å²) in [6.45, 7) is 18.4. The van der Waals surface area contributed by atoms with Gasteiger partial charge in [-0.2, -0.15) is 0 Å². The van der Waals surface area contributed by atoms with Crippen molar-refractivity contribution in [1.29, 1.82) is 0 Å². The van der Waals surface area contributed by atoms with E-state index in [1.165, 1.54) is 0 Å². The molecule has 0 radical (unpaired) electrons. The molecule has 1 aromatic carbocycles. The fourth-order valence-electron chi connectivity index (χ4n) is 4.52. The molecule has 0 unspecified atom stereocenters. The molecule has 0 aliphatic carbocycles. The van der Waals surface area contributed by atoms with Gasteiger partial charge in [-0.15, -0.1) is 0 Å². The maximum Gasteiger partial charge on any atom is 0.259 e. The van der Waals surface area contributed by atoms with Crippen molar-refractivity contribution in [2.24, 2.45) is 0 Å². The van der Waals surface area contributed by atoms with Gasteiger partial charge in [0.1, 0.15) is 11.6 Å². The van der Waals surface area contributed by atoms with Crippen LogP contribution in [0.5, 0.6) is 0 Å². The van der Waals surface area contributed by atoms with Crippen LogP contribution in [-0.4, -0.2) is 28.3 Å². The summed E-state index contributed by atoms with van der Waals surface area (Å²) >= 11 is 0. The molecule has 200 valence electrons. The summed E-state index contributed by atoms with van der Waals surface area (Å²) in [5.41, 5.74) is 5.73. The van der Waals surface area contributed by atoms with E-state index in [1.807, 2.05) is 58.0 Å². The average molecular weight is 515 g/mol. The lowest BCUT2D eigenvalue weighted by Crippen LogP contribution is -2.32. The molecule has 0 bridgehead atoms. The smallest absolute Gasteiger partial charge is 0.259 e. The van der Waals surface area contributed by atoms with Crippen LogP contribution in [0.25, 0.3) is 0 Å². The molecule has 3 aromatic rings. The Morgan fingerprint density at radius 3 is 2.53 bits per heavy atom. The first kappa shape index (κ1) is 28.4. The molecule has 0 saturated heterocycles. The lowest BCUT2D eigenvalue weighted by Gasteiger charge is -2.19. The molecule has 38 heavy (non-hydrogen) atoms. The van der Waals surface area contributed by atoms with Gasteiger partial charge in [-0.05, 0) is 66.6 Å². The largest absolute Gasteiger partial charge is 0.365 e. The molecule has 2 aromatic heterocycles. The number of carbonyl (C=O) groups excluding carboxylic acids is 2. The van der Waals surface area contributed by atoms with Crippen LogP contribution in [-0.2, 0) is 16.8 Å². The van der Waals surface area contributed by atoms with Crippen LogP contribution < -0.4 is 20.9 Å². The Balaban J connectivity index is 0.00000195. The first-order valence-electron chi connectivity index (χ1n) is 12.9. The van der Waals surface area contributed by atoms with E-state index in [4.69, 9.17) is 0 Å². The van der Waals surface area contributed by atoms with Gasteiger partial charge in [-0.3, -0.25) is 9.59 Å². The van der Waals surface area contributed by atoms with Crippen LogP contribution in [0.2, 0.25) is 0 Å². The van der Waals surface area contributed by atoms with Crippen LogP contribution in [0.4, 0.5) is 23.0 Å². The van der Waals surface area contributed by atoms with Gasteiger partial charge in [-0.1, -0.05) is 40.3 Å². The number of anilines is 4. The number of pyridine rings is 2. The van der Waals surface area contributed by atoms with Crippen molar-refractivity contribution in [1.82, 2.24) is 9.97 Å². The van der Waals surface area contributed by atoms with Crippen LogP contribution in [0.15, 0.2) is 55.5 Å². The third-order valence-corrected chi connectivity index (χ3v) is 6.48. The highest BCUT2D eigenvalue weighted by atomic mass is 16.2. The molecular weight excluding hydrogens is 476 g/mol. The topological polar surface area (TPSA) is 99.2 Å². The lowest BCUT2D eigenvalue weighted by atomic mass is 9.87. The summed E-state index contributed by atoms with van der Waals surface area (Å²) in [7, 11) is 0. The number of benzene rings is 1. The van der Waals surface area contributed by atoms with E-state index < -0.39 is 0 Å². The Bertz CT molecular complexity index is 1350. The first-order chi connectivity index (χ1) is 18.1. The van der Waals surface area contributed by atoms with Gasteiger partial charge in [0.05, 0.1) is 5.56 Å². The fraction of sp³-hybridized carbons (Fsp3) is 0.333. The number of nitrogens with zero attached hydrogens (tertiary/aromatic N) is 3. The molecule has 0 spiro atoms. The van der Waals surface area contributed by atoms with E-state index in [-0.39, 0.29) is 17.2 Å². The molecule has 0 atom stereocenters. The van der Waals surface area contributed by atoms with E-state index in [0.717, 1.165) is 33.8 Å². The van der Waals surface area contributed by atoms with Gasteiger partial charge >= 0.3 is 0 Å². The predicted molar refractivity (Wildman–Crippen MR) is 156 cm³/mol. The minimum atomic E-state index is -0.277. The number of aromatic nitrogens is 2. The predicted octanol–water partition coefficient (Wildman–Crippen LogP) is 6.18. The Morgan fingerprint density at radius 1 is 1.11 bits per heavy atom. The molecule has 0 fully saturated rings. The van der Waals surface area contributed by atoms with Crippen LogP contribution in [0.3, 0.4) is 0 Å². The molecule has 2 amide bonds. The summed E-state index contributed by atoms with van der Waals surface area (Å²) in [6.07, 6.45) is 5.04. The molecule has 8 heteroatoms. The zero-order valence-corrected chi connectivity index (χ0v) is 23.4. The van der Waals surface area contributed by atoms with E-state index in [2.05, 4.69) is 46.3 Å². The molecule has 3 heterocycles. The maximum absolute atomic E-state index is 13.3. The van der Waals surface area contributed by atoms with Gasteiger partial charge in [0.25, 0.3) is 5.91 Å². The standard InChI is InChI=1S/C28H32N6O2.C2H6/c1-7-29-25-18(3)20(10-11-30-25)15-32-26-22(12-17(2)14-31-26)27(36)33-21-8-9-23-24(13-21)34(19(4)35)16-28(23,5)6;1-2/h7-14H,1,15-16H2,2-6H3,(H,29,30)(H,31,32)(H,33,36);1-2H3. The summed E-state index contributed by atoms with van der Waals surface area (Å²) < 4.78 is 0. The Morgan fingerprint density at radius 2 is 1.84 bits per heavy atom. The van der Waals surface area contributed by atoms with Crippen LogP contribution >= 0.6 is 0 Å². The number of fused-ring (bicyclic) bond motifs is 1. The van der Waals surface area contributed by atoms with Crippen molar-refractivity contribution >= 4 is 34.8 Å². The third-order valence-electron chi connectivity index (χ3n) is 6.48. The fourth-order valence-corrected chi connectivity index (χ4v) is 4.52. The highest BCUT2D eigenvalue weighted by Gasteiger charge is 2.37. The highest BCUT2D eigenvalue weighted by molar-refractivity contribution is 6.08. The monoisotopic (exact) mass is 514 g/mol. The van der Waals surface area contributed by atoms with Gasteiger partial charge < -0.3 is 20.9 Å². The second kappa shape index (κ2) is 11.9. The Kier molecular flexibility index (Phi) is 8.88. The Hall–Kier alpha value is -4.20. The number of amides is 2. The van der Waals surface area contributed by atoms with Crippen LogP contribution in [0, 0.1) is 13.8 Å². The van der Waals surface area contributed by atoms with Crippen molar-refractivity contribution in [2.45, 2.75) is 60.4 Å². The van der Waals surface area contributed by atoms with Crippen molar-refractivity contribution in [3.63, 3.8) is 0 Å². The number of hydrogen-bond donors (Lipinski definition) is 3. The minimum Gasteiger partial charge on any atom is -0.365 e. The van der Waals surface area contributed by atoms with Crippen molar-refractivity contribution in [2.75, 3.05) is 27.4 Å². The highest BCUT2D eigenvalue weighted by Crippen LogP contribution is 2.41. The maximum atomic E-state index is 13.3. The van der Waals surface area contributed by atoms with E-state index in [9.17, 15) is 9.59 Å². The molecule has 4 rings (SSSR count). The summed E-state index contributed by atoms with van der Waals surface area (Å²) in [6, 6.07) is 9.48. The van der Waals surface area contributed by atoms with Crippen LogP contribution in [0.1, 0.15) is 67.2 Å². The number of carbonyl (C=O) groups is 2. The van der Waals surface area contributed by atoms with Crippen molar-refractivity contribution in [3.8, 4) is 0 Å². The zero-order chi connectivity index (χ0) is 28.0. The molecule has 1 aliphatic rings. The SMILES string of the molecule is C=CNc1nccc(CNc2ncc(C)cc2C(=O)Nc2ccc3c(c2)N(C(C)=O)CC3(C)C)c1C.CC. The Labute approximate surface area is 225 Å². The molecule has 8 nitrogen and oxygen atoms in total. The normalized spacial score (nSPS) is 13.1. The zero-order valence-electron chi connectivity index (χ0n) is 23.4. The average Bonchev–Trinajstić information content (AvgIpc) is 3.16. The second-order valence-electron chi connectivity index (χ2n) is 9.73. The number of aryl methyl sites for hydroxylation is 1. The third kappa shape index (κ3) is 6.02. The van der Waals surface area contributed by atoms with Gasteiger partial charge in [0.15, 0.2) is 0 Å². The summed E-state index contributed by atoms with van der Waals surface area (Å²) in [5.74, 6) is 0.928. The molecule has 3 N–H and O–H groups in total. The van der Waals surface area contributed by atoms with E-state index >= 15 is 0 Å². The molecule has 0 saturated carbocycles. The second-order valence-corrected chi connectivity index (χ2v) is 9.73. The first-order valence-corrected chi connectivity index (χ1v) is 12.9. The van der Waals surface area contributed by atoms with E-state index in [1.54, 1.807) is 30.4 Å². The minimum absolute atomic E-state index is 0.0162. The van der Waals surface area contributed by atoms with Gasteiger partial charge in [-0.25, -0.2) is 9.97 Å². The molecular formula is C30H38N6O2. The van der Waals surface area contributed by atoms with Gasteiger partial charge in [0, 0.05) is 49.2 Å². The quantitative estimate of drug-likeness (QED) is 0.348. The van der Waals surface area contributed by atoms with E-state index in [0.29, 0.717) is 30.2 Å². The lowest BCUT2D eigenvalue weighted by molar-refractivity contribution is -0.116. The summed E-state index contributed by atoms with van der Waals surface area (Å²) in [5, 5.41) is 9.32. The van der Waals surface area contributed by atoms with Crippen molar-refractivity contribution < 1.29 is 9.59 Å². The summed E-state index contributed by atoms with van der Waals surface area (Å²) in [4.78, 5) is 36.1. The van der Waals surface area contributed by atoms with Gasteiger partial charge in [0.2, 0.25) is 5.91 Å². The number of nitrogens with one attached hydrogen (secondary N) is 3. The molecule has 1 aliphatic heterocycles.